The molecule has 3 aromatic carbocycles. The number of benzene rings is 3. The SMILES string of the molecule is N=C(N)c1ccc(CC(C(=O)NCc2ccccc2)C(=O)NC(C(=O)NCCOc2cccc(Cl)c2)C2CCCCC2)cc1. The predicted molar refractivity (Wildman–Crippen MR) is 171 cm³/mol. The van der Waals surface area contributed by atoms with Crippen molar-refractivity contribution < 1.29 is 19.1 Å². The standard InChI is InChI=1S/C34H40ClN5O4/c35-27-12-7-13-28(21-27)44-19-18-38-34(43)30(25-10-5-2-6-11-25)40-33(42)29(20-23-14-16-26(17-15-23)31(36)37)32(41)39-22-24-8-3-1-4-9-24/h1,3-4,7-9,12-17,21,25,29-30H,2,5-6,10-11,18-20,22H2,(H3,36,37)(H,38,43)(H,39,41)(H,40,42). The molecular formula is C34H40ClN5O4. The van der Waals surface area contributed by atoms with E-state index < -0.39 is 23.8 Å². The molecule has 6 N–H and O–H groups in total. The monoisotopic (exact) mass is 617 g/mol. The number of rotatable bonds is 14. The molecule has 0 saturated heterocycles. The van der Waals surface area contributed by atoms with Crippen LogP contribution in [0.1, 0.15) is 48.8 Å². The summed E-state index contributed by atoms with van der Waals surface area (Å²) in [5, 5.41) is 17.0. The number of nitrogens with one attached hydrogen (secondary N) is 4. The Balaban J connectivity index is 1.46. The van der Waals surface area contributed by atoms with Crippen molar-refractivity contribution in [3.8, 4) is 5.75 Å². The van der Waals surface area contributed by atoms with Crippen molar-refractivity contribution in [2.45, 2.75) is 51.1 Å². The zero-order valence-electron chi connectivity index (χ0n) is 24.7. The highest BCUT2D eigenvalue weighted by atomic mass is 35.5. The minimum atomic E-state index is -1.08. The molecule has 1 aliphatic carbocycles. The molecular weight excluding hydrogens is 578 g/mol. The van der Waals surface area contributed by atoms with Gasteiger partial charge in [0.25, 0.3) is 0 Å². The topological polar surface area (TPSA) is 146 Å². The molecule has 44 heavy (non-hydrogen) atoms. The van der Waals surface area contributed by atoms with Crippen LogP contribution in [0.5, 0.6) is 5.75 Å². The highest BCUT2D eigenvalue weighted by Gasteiger charge is 2.35. The summed E-state index contributed by atoms with van der Waals surface area (Å²) in [5.41, 5.74) is 7.79. The molecule has 1 fully saturated rings. The van der Waals surface area contributed by atoms with E-state index in [1.54, 1.807) is 48.5 Å². The summed E-state index contributed by atoms with van der Waals surface area (Å²) >= 11 is 6.02. The highest BCUT2D eigenvalue weighted by Crippen LogP contribution is 2.27. The largest absolute Gasteiger partial charge is 0.492 e. The maximum Gasteiger partial charge on any atom is 0.242 e. The van der Waals surface area contributed by atoms with Crippen LogP contribution in [0.3, 0.4) is 0 Å². The lowest BCUT2D eigenvalue weighted by molar-refractivity contribution is -0.138. The fraction of sp³-hybridized carbons (Fsp3) is 0.353. The normalized spacial score (nSPS) is 14.6. The number of hydrogen-bond acceptors (Lipinski definition) is 5. The third kappa shape index (κ3) is 9.84. The van der Waals surface area contributed by atoms with E-state index in [0.717, 1.165) is 43.2 Å². The Labute approximate surface area is 263 Å². The van der Waals surface area contributed by atoms with Crippen LogP contribution in [0.15, 0.2) is 78.9 Å². The van der Waals surface area contributed by atoms with E-state index in [-0.39, 0.29) is 43.8 Å². The maximum atomic E-state index is 13.8. The van der Waals surface area contributed by atoms with Crippen molar-refractivity contribution in [3.05, 3.63) is 101 Å². The molecule has 3 aromatic rings. The molecule has 0 bridgehead atoms. The first-order valence-corrected chi connectivity index (χ1v) is 15.4. The van der Waals surface area contributed by atoms with E-state index in [1.165, 1.54) is 0 Å². The molecule has 9 nitrogen and oxygen atoms in total. The minimum Gasteiger partial charge on any atom is -0.492 e. The average Bonchev–Trinajstić information content (AvgIpc) is 3.04. The summed E-state index contributed by atoms with van der Waals surface area (Å²) in [6.45, 7) is 0.748. The molecule has 0 aromatic heterocycles. The Morgan fingerprint density at radius 2 is 1.59 bits per heavy atom. The van der Waals surface area contributed by atoms with Crippen LogP contribution in [0.2, 0.25) is 5.02 Å². The Kier molecular flexibility index (Phi) is 12.2. The molecule has 0 radical (unpaired) electrons. The number of amidine groups is 1. The van der Waals surface area contributed by atoms with Crippen LogP contribution in [-0.4, -0.2) is 42.8 Å². The van der Waals surface area contributed by atoms with E-state index >= 15 is 0 Å². The summed E-state index contributed by atoms with van der Waals surface area (Å²) in [4.78, 5) is 40.8. The Morgan fingerprint density at radius 3 is 2.27 bits per heavy atom. The van der Waals surface area contributed by atoms with Crippen molar-refractivity contribution in [1.29, 1.82) is 5.41 Å². The molecule has 2 atom stereocenters. The fourth-order valence-electron chi connectivity index (χ4n) is 5.40. The van der Waals surface area contributed by atoms with Gasteiger partial charge in [0.15, 0.2) is 0 Å². The summed E-state index contributed by atoms with van der Waals surface area (Å²) in [5.74, 6) is -1.81. The first-order chi connectivity index (χ1) is 21.3. The summed E-state index contributed by atoms with van der Waals surface area (Å²) in [6, 6.07) is 22.6. The third-order valence-corrected chi connectivity index (χ3v) is 8.05. The van der Waals surface area contributed by atoms with E-state index in [2.05, 4.69) is 16.0 Å². The Morgan fingerprint density at radius 1 is 0.864 bits per heavy atom. The summed E-state index contributed by atoms with van der Waals surface area (Å²) < 4.78 is 5.71. The molecule has 1 aliphatic rings. The lowest BCUT2D eigenvalue weighted by atomic mass is 9.83. The number of nitrogen functional groups attached to an aromatic ring is 1. The Bertz CT molecular complexity index is 1410. The predicted octanol–water partition coefficient (Wildman–Crippen LogP) is 4.36. The molecule has 0 heterocycles. The van der Waals surface area contributed by atoms with Gasteiger partial charge < -0.3 is 26.4 Å². The maximum absolute atomic E-state index is 13.8. The van der Waals surface area contributed by atoms with E-state index in [0.29, 0.717) is 16.3 Å². The third-order valence-electron chi connectivity index (χ3n) is 7.81. The van der Waals surface area contributed by atoms with Crippen molar-refractivity contribution in [1.82, 2.24) is 16.0 Å². The first kappa shape index (κ1) is 32.5. The van der Waals surface area contributed by atoms with Crippen LogP contribution in [0.25, 0.3) is 0 Å². The number of carbonyl (C=O) groups is 3. The average molecular weight is 618 g/mol. The van der Waals surface area contributed by atoms with Crippen molar-refractivity contribution >= 4 is 35.2 Å². The van der Waals surface area contributed by atoms with Gasteiger partial charge in [-0.2, -0.15) is 0 Å². The van der Waals surface area contributed by atoms with Gasteiger partial charge in [-0.05, 0) is 54.5 Å². The Hall–Kier alpha value is -4.37. The van der Waals surface area contributed by atoms with Crippen molar-refractivity contribution in [2.24, 2.45) is 17.6 Å². The van der Waals surface area contributed by atoms with Gasteiger partial charge in [-0.3, -0.25) is 19.8 Å². The number of halogens is 1. The number of carbonyl (C=O) groups excluding carboxylic acids is 3. The number of ether oxygens (including phenoxy) is 1. The number of hydrogen-bond donors (Lipinski definition) is 5. The molecule has 232 valence electrons. The van der Waals surface area contributed by atoms with Crippen LogP contribution in [0, 0.1) is 17.2 Å². The minimum absolute atomic E-state index is 0.0376. The highest BCUT2D eigenvalue weighted by molar-refractivity contribution is 6.30. The van der Waals surface area contributed by atoms with Gasteiger partial charge in [0.1, 0.15) is 30.2 Å². The zero-order chi connectivity index (χ0) is 31.3. The van der Waals surface area contributed by atoms with Gasteiger partial charge in [-0.1, -0.05) is 91.5 Å². The molecule has 0 spiro atoms. The summed E-state index contributed by atoms with van der Waals surface area (Å²) in [6.07, 6.45) is 4.80. The van der Waals surface area contributed by atoms with Crippen LogP contribution in [0.4, 0.5) is 0 Å². The van der Waals surface area contributed by atoms with Crippen LogP contribution >= 0.6 is 11.6 Å². The van der Waals surface area contributed by atoms with Gasteiger partial charge in [0.2, 0.25) is 17.7 Å². The van der Waals surface area contributed by atoms with E-state index in [9.17, 15) is 14.4 Å². The van der Waals surface area contributed by atoms with Crippen LogP contribution in [-0.2, 0) is 27.3 Å². The van der Waals surface area contributed by atoms with Crippen molar-refractivity contribution in [2.75, 3.05) is 13.2 Å². The van der Waals surface area contributed by atoms with E-state index in [4.69, 9.17) is 27.5 Å². The molecule has 3 amide bonds. The molecule has 10 heteroatoms. The second kappa shape index (κ2) is 16.5. The van der Waals surface area contributed by atoms with Crippen molar-refractivity contribution in [3.63, 3.8) is 0 Å². The van der Waals surface area contributed by atoms with Crippen LogP contribution < -0.4 is 26.4 Å². The zero-order valence-corrected chi connectivity index (χ0v) is 25.4. The van der Waals surface area contributed by atoms with Gasteiger partial charge in [-0.25, -0.2) is 0 Å². The van der Waals surface area contributed by atoms with Gasteiger partial charge in [-0.15, -0.1) is 0 Å². The molecule has 0 aliphatic heterocycles. The second-order valence-electron chi connectivity index (χ2n) is 11.1. The van der Waals surface area contributed by atoms with Gasteiger partial charge in [0, 0.05) is 17.1 Å². The lowest BCUT2D eigenvalue weighted by Gasteiger charge is -2.31. The molecule has 1 saturated carbocycles. The number of amides is 3. The second-order valence-corrected chi connectivity index (χ2v) is 11.5. The first-order valence-electron chi connectivity index (χ1n) is 15.0. The lowest BCUT2D eigenvalue weighted by Crippen LogP contribution is -2.55. The number of nitrogens with two attached hydrogens (primary N) is 1. The van der Waals surface area contributed by atoms with Gasteiger partial charge in [0.05, 0.1) is 6.54 Å². The quantitative estimate of drug-likeness (QED) is 0.0789. The van der Waals surface area contributed by atoms with Gasteiger partial charge >= 0.3 is 0 Å². The molecule has 2 unspecified atom stereocenters. The molecule has 4 rings (SSSR count). The van der Waals surface area contributed by atoms with E-state index in [1.807, 2.05) is 30.3 Å². The summed E-state index contributed by atoms with van der Waals surface area (Å²) in [7, 11) is 0. The smallest absolute Gasteiger partial charge is 0.242 e. The fourth-order valence-corrected chi connectivity index (χ4v) is 5.58.